The van der Waals surface area contributed by atoms with Crippen LogP contribution >= 0.6 is 0 Å². The van der Waals surface area contributed by atoms with Gasteiger partial charge in [0, 0.05) is 43.4 Å². The lowest BCUT2D eigenvalue weighted by molar-refractivity contribution is 0.669. The van der Waals surface area contributed by atoms with E-state index < -0.39 is 0 Å². The number of hydrogen-bond donors (Lipinski definition) is 0. The van der Waals surface area contributed by atoms with E-state index in [4.69, 9.17) is 13.3 Å². The predicted octanol–water partition coefficient (Wildman–Crippen LogP) is 41.1. The van der Waals surface area contributed by atoms with Crippen molar-refractivity contribution in [3.05, 3.63) is 546 Å². The third kappa shape index (κ3) is 14.6. The van der Waals surface area contributed by atoms with E-state index in [1.807, 2.05) is 12.1 Å². The van der Waals surface area contributed by atoms with Crippen LogP contribution in [-0.4, -0.2) is 0 Å². The van der Waals surface area contributed by atoms with Gasteiger partial charge in [-0.2, -0.15) is 0 Å². The molecule has 0 radical (unpaired) electrons. The minimum atomic E-state index is 0.899. The molecule has 0 bridgehead atoms. The summed E-state index contributed by atoms with van der Waals surface area (Å²) >= 11 is 0. The van der Waals surface area contributed by atoms with Gasteiger partial charge in [0.2, 0.25) is 0 Å². The average Bonchev–Trinajstić information content (AvgIpc) is 1.65. The lowest BCUT2D eigenvalue weighted by atomic mass is 9.81. The summed E-state index contributed by atoms with van der Waals surface area (Å²) in [6, 6.07) is 197. The van der Waals surface area contributed by atoms with Crippen LogP contribution in [0.25, 0.3) is 296 Å². The quantitative estimate of drug-likeness (QED) is 0.114. The van der Waals surface area contributed by atoms with Crippen LogP contribution in [-0.2, 0) is 0 Å². The maximum atomic E-state index is 6.57. The Kier molecular flexibility index (Phi) is 21.0. The van der Waals surface area contributed by atoms with Gasteiger partial charge in [-0.1, -0.05) is 497 Å². The maximum Gasteiger partial charge on any atom is 0.143 e. The summed E-state index contributed by atoms with van der Waals surface area (Å²) in [5.74, 6) is 0. The molecule has 0 unspecified atom stereocenters. The lowest BCUT2D eigenvalue weighted by Gasteiger charge is -2.21. The monoisotopic (exact) mass is 1870 g/mol. The highest BCUT2D eigenvalue weighted by atomic mass is 16.3. The molecule has 0 amide bonds. The van der Waals surface area contributed by atoms with Gasteiger partial charge < -0.3 is 13.3 Å². The van der Waals surface area contributed by atoms with Crippen LogP contribution < -0.4 is 0 Å². The Morgan fingerprint density at radius 2 is 0.354 bits per heavy atom. The summed E-state index contributed by atoms with van der Waals surface area (Å²) in [6.45, 7) is 0. The second-order valence-corrected chi connectivity index (χ2v) is 38.3. The first kappa shape index (κ1) is 85.6. The van der Waals surface area contributed by atoms with Crippen molar-refractivity contribution in [1.82, 2.24) is 0 Å². The molecule has 147 heavy (non-hydrogen) atoms. The summed E-state index contributed by atoms with van der Waals surface area (Å²) < 4.78 is 19.6. The fourth-order valence-electron chi connectivity index (χ4n) is 23.8. The van der Waals surface area contributed by atoms with Crippen molar-refractivity contribution >= 4 is 163 Å². The molecule has 27 aromatic carbocycles. The van der Waals surface area contributed by atoms with Gasteiger partial charge in [-0.3, -0.25) is 0 Å². The number of fused-ring (bicyclic) bond motifs is 18. The van der Waals surface area contributed by atoms with Gasteiger partial charge in [-0.05, 0) is 268 Å². The van der Waals surface area contributed by atoms with E-state index in [2.05, 4.69) is 534 Å². The zero-order valence-corrected chi connectivity index (χ0v) is 80.2. The first-order valence-corrected chi connectivity index (χ1v) is 50.6. The Labute approximate surface area is 849 Å². The summed E-state index contributed by atoms with van der Waals surface area (Å²) in [5.41, 5.74) is 34.5. The smallest absolute Gasteiger partial charge is 0.143 e. The van der Waals surface area contributed by atoms with Crippen molar-refractivity contribution < 1.29 is 13.3 Å². The largest absolute Gasteiger partial charge is 0.456 e. The molecule has 3 nitrogen and oxygen atoms in total. The van der Waals surface area contributed by atoms with Gasteiger partial charge in [-0.25, -0.2) is 0 Å². The van der Waals surface area contributed by atoms with Crippen LogP contribution in [0.3, 0.4) is 0 Å². The SMILES string of the molecule is c1ccc(-c2cc(-c3c4ccccc4c(-c4ccccc4-c4cccc5ccccc45)c4ccccc34)cc3c2oc2ccccc23)cc1.c1ccc(-c2cc3oc4ccccc4c3cc2-c2c3ccccc3c(-c3ccccc3-c3cccc4ccccc34)c3ccccc23)cc1.c1ccc(-c2cccc3c2oc2ccc(-c4c5ccccc5c(-c5ccccc5-c5cccc6ccccc56)c5ccccc45)cc23)cc1. The Bertz CT molecular complexity index is 10300. The van der Waals surface area contributed by atoms with Crippen molar-refractivity contribution in [3.8, 4) is 134 Å². The second-order valence-electron chi connectivity index (χ2n) is 38.3. The summed E-state index contributed by atoms with van der Waals surface area (Å²) in [5, 5.41) is 29.1. The number of para-hydroxylation sites is 3. The standard InChI is InChI=1S/3C48H30O/c1-2-14-32(15-3-1)35-25-13-27-43-44-30-33(28-29-45(44)49-48(35)43)46-39-21-8-10-23-41(39)47(42-24-11-9-22-40(42)46)38-20-7-6-19-37(38)36-26-12-17-31-16-4-5-18-34(31)36;1-2-15-32(16-3-1)43-29-33(30-44-37-21-12-13-28-45(37)49-48(43)44)46-39-23-8-10-25-41(39)47(42-26-11-9-24-40(42)46)38-22-7-6-20-36(38)35-27-14-18-31-17-4-5-19-34(31)35;1-2-15-32(16-3-1)42-30-46-43(36-21-12-13-28-45(36)49-46)29-44(42)48-40-25-10-8-23-38(40)47(39-24-9-11-26-41(39)48)37-22-7-6-20-35(37)34-27-14-18-31-17-4-5-19-33(31)34/h3*1-30H. The zero-order chi connectivity index (χ0) is 96.9. The van der Waals surface area contributed by atoms with Crippen molar-refractivity contribution in [2.45, 2.75) is 0 Å². The summed E-state index contributed by atoms with van der Waals surface area (Å²) in [4.78, 5) is 0. The fourth-order valence-corrected chi connectivity index (χ4v) is 23.8. The van der Waals surface area contributed by atoms with Gasteiger partial charge >= 0.3 is 0 Å². The second kappa shape index (κ2) is 36.0. The Balaban J connectivity index is 0.000000107. The zero-order valence-electron chi connectivity index (χ0n) is 80.2. The van der Waals surface area contributed by atoms with Gasteiger partial charge in [0.25, 0.3) is 0 Å². The number of hydrogen-bond acceptors (Lipinski definition) is 3. The molecule has 0 N–H and O–H groups in total. The number of benzene rings is 27. The van der Waals surface area contributed by atoms with Crippen LogP contribution in [0, 0.1) is 0 Å². The van der Waals surface area contributed by atoms with E-state index in [1.54, 1.807) is 0 Å². The van der Waals surface area contributed by atoms with Crippen molar-refractivity contribution in [2.24, 2.45) is 0 Å². The molecular weight excluding hydrogens is 1780 g/mol. The molecule has 0 aliphatic rings. The molecule has 0 saturated heterocycles. The van der Waals surface area contributed by atoms with Gasteiger partial charge in [0.1, 0.15) is 33.5 Å². The normalized spacial score (nSPS) is 11.7. The van der Waals surface area contributed by atoms with Crippen molar-refractivity contribution in [3.63, 3.8) is 0 Å². The number of rotatable bonds is 12. The maximum absolute atomic E-state index is 6.57. The van der Waals surface area contributed by atoms with E-state index >= 15 is 0 Å². The molecule has 30 rings (SSSR count). The van der Waals surface area contributed by atoms with Crippen molar-refractivity contribution in [1.29, 1.82) is 0 Å². The Morgan fingerprint density at radius 1 is 0.0952 bits per heavy atom. The topological polar surface area (TPSA) is 39.4 Å². The lowest BCUT2D eigenvalue weighted by Crippen LogP contribution is -1.94. The molecule has 3 heterocycles. The molecule has 3 aromatic heterocycles. The molecule has 0 fully saturated rings. The average molecular weight is 1870 g/mol. The van der Waals surface area contributed by atoms with E-state index in [0.29, 0.717) is 0 Å². The van der Waals surface area contributed by atoms with E-state index in [0.717, 1.165) is 93.6 Å². The highest BCUT2D eigenvalue weighted by Crippen LogP contribution is 2.55. The minimum absolute atomic E-state index is 0.899. The van der Waals surface area contributed by atoms with Crippen LogP contribution in [0.5, 0.6) is 0 Å². The predicted molar refractivity (Wildman–Crippen MR) is 624 cm³/mol. The Hall–Kier alpha value is -19.3. The third-order valence-corrected chi connectivity index (χ3v) is 30.2. The molecular formula is C144H90O3. The van der Waals surface area contributed by atoms with Crippen LogP contribution in [0.1, 0.15) is 0 Å². The number of furan rings is 3. The molecule has 0 aliphatic heterocycles. The molecule has 0 atom stereocenters. The van der Waals surface area contributed by atoms with Crippen LogP contribution in [0.4, 0.5) is 0 Å². The first-order chi connectivity index (χ1) is 73.0. The molecule has 30 aromatic rings. The first-order valence-electron chi connectivity index (χ1n) is 50.6. The van der Waals surface area contributed by atoms with Gasteiger partial charge in [0.05, 0.1) is 0 Å². The van der Waals surface area contributed by atoms with E-state index in [9.17, 15) is 0 Å². The van der Waals surface area contributed by atoms with Gasteiger partial charge in [0.15, 0.2) is 0 Å². The highest BCUT2D eigenvalue weighted by Gasteiger charge is 2.29. The van der Waals surface area contributed by atoms with Crippen LogP contribution in [0.15, 0.2) is 559 Å². The van der Waals surface area contributed by atoms with E-state index in [1.165, 1.54) is 203 Å². The van der Waals surface area contributed by atoms with Crippen molar-refractivity contribution in [2.75, 3.05) is 0 Å². The molecule has 684 valence electrons. The van der Waals surface area contributed by atoms with Gasteiger partial charge in [-0.15, -0.1) is 0 Å². The molecule has 0 spiro atoms. The van der Waals surface area contributed by atoms with E-state index in [-0.39, 0.29) is 0 Å². The Morgan fingerprint density at radius 3 is 0.769 bits per heavy atom. The third-order valence-electron chi connectivity index (χ3n) is 30.2. The minimum Gasteiger partial charge on any atom is -0.456 e. The fraction of sp³-hybridized carbons (Fsp3) is 0. The molecule has 3 heteroatoms. The molecule has 0 aliphatic carbocycles. The van der Waals surface area contributed by atoms with Crippen LogP contribution in [0.2, 0.25) is 0 Å². The highest BCUT2D eigenvalue weighted by molar-refractivity contribution is 6.29. The summed E-state index contributed by atoms with van der Waals surface area (Å²) in [7, 11) is 0. The summed E-state index contributed by atoms with van der Waals surface area (Å²) in [6.07, 6.45) is 0. The molecule has 0 saturated carbocycles.